The summed E-state index contributed by atoms with van der Waals surface area (Å²) in [5.74, 6) is 1.29. The van der Waals surface area contributed by atoms with Crippen LogP contribution in [0.5, 0.6) is 5.75 Å². The van der Waals surface area contributed by atoms with Crippen LogP contribution in [0.15, 0.2) is 12.1 Å². The number of hydrogen-bond donors (Lipinski definition) is 2. The number of carbonyl (C=O) groups is 1. The number of nitrogens with zero attached hydrogens (tertiary/aromatic N) is 1. The van der Waals surface area contributed by atoms with Crippen molar-refractivity contribution >= 4 is 5.91 Å². The van der Waals surface area contributed by atoms with Crippen molar-refractivity contribution in [1.82, 2.24) is 15.6 Å². The van der Waals surface area contributed by atoms with E-state index in [1.165, 1.54) is 12.8 Å². The zero-order valence-corrected chi connectivity index (χ0v) is 13.1. The molecule has 1 aliphatic rings. The van der Waals surface area contributed by atoms with Gasteiger partial charge in [0.2, 0.25) is 0 Å². The van der Waals surface area contributed by atoms with Gasteiger partial charge in [0.1, 0.15) is 5.75 Å². The van der Waals surface area contributed by atoms with Crippen LogP contribution in [-0.2, 0) is 11.3 Å². The van der Waals surface area contributed by atoms with E-state index in [4.69, 9.17) is 4.74 Å². The third kappa shape index (κ3) is 5.71. The van der Waals surface area contributed by atoms with Gasteiger partial charge < -0.3 is 15.4 Å². The third-order valence-corrected chi connectivity index (χ3v) is 3.39. The lowest BCUT2D eigenvalue weighted by atomic mass is 10.2. The summed E-state index contributed by atoms with van der Waals surface area (Å²) in [6.45, 7) is 7.58. The van der Waals surface area contributed by atoms with Crippen molar-refractivity contribution in [2.24, 2.45) is 5.92 Å². The van der Waals surface area contributed by atoms with Crippen molar-refractivity contribution in [3.63, 3.8) is 0 Å². The van der Waals surface area contributed by atoms with E-state index in [0.717, 1.165) is 17.9 Å². The normalized spacial score (nSPS) is 14.3. The van der Waals surface area contributed by atoms with Gasteiger partial charge in [0.15, 0.2) is 6.61 Å². The van der Waals surface area contributed by atoms with Crippen molar-refractivity contribution in [3.8, 4) is 5.75 Å². The average molecular weight is 291 g/mol. The maximum absolute atomic E-state index is 11.7. The first-order valence-electron chi connectivity index (χ1n) is 7.64. The van der Waals surface area contributed by atoms with E-state index in [0.29, 0.717) is 24.3 Å². The molecule has 1 aliphatic carbocycles. The van der Waals surface area contributed by atoms with E-state index in [2.05, 4.69) is 29.5 Å². The van der Waals surface area contributed by atoms with E-state index >= 15 is 0 Å². The molecule has 1 saturated carbocycles. The quantitative estimate of drug-likeness (QED) is 0.766. The summed E-state index contributed by atoms with van der Waals surface area (Å²) in [5.41, 5.74) is 1.79. The molecule has 0 saturated heterocycles. The Morgan fingerprint density at radius 2 is 2.19 bits per heavy atom. The molecular formula is C16H25N3O2. The van der Waals surface area contributed by atoms with Gasteiger partial charge in [-0.1, -0.05) is 13.8 Å². The number of amides is 1. The minimum atomic E-state index is -0.0646. The Morgan fingerprint density at radius 1 is 1.43 bits per heavy atom. The highest BCUT2D eigenvalue weighted by atomic mass is 16.5. The van der Waals surface area contributed by atoms with Crippen LogP contribution in [0, 0.1) is 12.8 Å². The molecule has 0 aliphatic heterocycles. The molecule has 1 aromatic heterocycles. The van der Waals surface area contributed by atoms with Gasteiger partial charge in [0.05, 0.1) is 5.69 Å². The van der Waals surface area contributed by atoms with Gasteiger partial charge >= 0.3 is 0 Å². The smallest absolute Gasteiger partial charge is 0.257 e. The molecule has 1 amide bonds. The molecule has 5 nitrogen and oxygen atoms in total. The van der Waals surface area contributed by atoms with Crippen LogP contribution in [0.4, 0.5) is 0 Å². The van der Waals surface area contributed by atoms with Crippen molar-refractivity contribution in [3.05, 3.63) is 23.5 Å². The SMILES string of the molecule is Cc1ccc(OCC(=O)NCC2CC2)c(CNC(C)C)n1. The number of rotatable bonds is 8. The maximum Gasteiger partial charge on any atom is 0.257 e. The van der Waals surface area contributed by atoms with Crippen LogP contribution in [0.1, 0.15) is 38.1 Å². The summed E-state index contributed by atoms with van der Waals surface area (Å²) in [4.78, 5) is 16.2. The Hall–Kier alpha value is -1.62. The summed E-state index contributed by atoms with van der Waals surface area (Å²) >= 11 is 0. The lowest BCUT2D eigenvalue weighted by Crippen LogP contribution is -2.31. The molecule has 1 heterocycles. The highest BCUT2D eigenvalue weighted by molar-refractivity contribution is 5.77. The van der Waals surface area contributed by atoms with E-state index in [-0.39, 0.29) is 12.5 Å². The Balaban J connectivity index is 1.86. The molecule has 0 bridgehead atoms. The minimum absolute atomic E-state index is 0.0478. The molecule has 2 rings (SSSR count). The zero-order chi connectivity index (χ0) is 15.2. The van der Waals surface area contributed by atoms with Gasteiger partial charge in [0.25, 0.3) is 5.91 Å². The van der Waals surface area contributed by atoms with Crippen LogP contribution in [-0.4, -0.2) is 30.1 Å². The molecule has 5 heteroatoms. The number of aromatic nitrogens is 1. The first-order valence-corrected chi connectivity index (χ1v) is 7.64. The zero-order valence-electron chi connectivity index (χ0n) is 13.1. The fourth-order valence-electron chi connectivity index (χ4n) is 1.93. The molecule has 21 heavy (non-hydrogen) atoms. The Kier molecular flexibility index (Phi) is 5.56. The van der Waals surface area contributed by atoms with Gasteiger partial charge in [-0.15, -0.1) is 0 Å². The third-order valence-electron chi connectivity index (χ3n) is 3.39. The van der Waals surface area contributed by atoms with E-state index in [1.54, 1.807) is 0 Å². The molecule has 0 unspecified atom stereocenters. The lowest BCUT2D eigenvalue weighted by Gasteiger charge is -2.13. The number of ether oxygens (including phenoxy) is 1. The first kappa shape index (κ1) is 15.8. The molecule has 0 aromatic carbocycles. The average Bonchev–Trinajstić information content (AvgIpc) is 3.26. The Morgan fingerprint density at radius 3 is 2.86 bits per heavy atom. The van der Waals surface area contributed by atoms with Crippen molar-refractivity contribution in [2.75, 3.05) is 13.2 Å². The van der Waals surface area contributed by atoms with Crippen LogP contribution in [0.3, 0.4) is 0 Å². The largest absolute Gasteiger partial charge is 0.482 e. The predicted molar refractivity (Wildman–Crippen MR) is 82.2 cm³/mol. The van der Waals surface area contributed by atoms with Crippen LogP contribution in [0.2, 0.25) is 0 Å². The number of pyridine rings is 1. The Labute approximate surface area is 126 Å². The summed E-state index contributed by atoms with van der Waals surface area (Å²) in [6, 6.07) is 4.16. The summed E-state index contributed by atoms with van der Waals surface area (Å²) in [5, 5.41) is 6.22. The van der Waals surface area contributed by atoms with Gasteiger partial charge in [-0.2, -0.15) is 0 Å². The first-order chi connectivity index (χ1) is 10.0. The number of nitrogens with one attached hydrogen (secondary N) is 2. The molecule has 0 spiro atoms. The van der Waals surface area contributed by atoms with E-state index < -0.39 is 0 Å². The second kappa shape index (κ2) is 7.41. The van der Waals surface area contributed by atoms with E-state index in [9.17, 15) is 4.79 Å². The summed E-state index contributed by atoms with van der Waals surface area (Å²) in [6.07, 6.45) is 2.46. The highest BCUT2D eigenvalue weighted by Crippen LogP contribution is 2.27. The number of hydrogen-bond acceptors (Lipinski definition) is 4. The fraction of sp³-hybridized carbons (Fsp3) is 0.625. The Bertz CT molecular complexity index is 484. The molecular weight excluding hydrogens is 266 g/mol. The van der Waals surface area contributed by atoms with Crippen molar-refractivity contribution in [1.29, 1.82) is 0 Å². The maximum atomic E-state index is 11.7. The number of aryl methyl sites for hydroxylation is 1. The molecule has 0 atom stereocenters. The molecule has 1 fully saturated rings. The van der Waals surface area contributed by atoms with Crippen molar-refractivity contribution < 1.29 is 9.53 Å². The van der Waals surface area contributed by atoms with E-state index in [1.807, 2.05) is 19.1 Å². The predicted octanol–water partition coefficient (Wildman–Crippen LogP) is 1.79. The summed E-state index contributed by atoms with van der Waals surface area (Å²) in [7, 11) is 0. The number of carbonyl (C=O) groups excluding carboxylic acids is 1. The van der Waals surface area contributed by atoms with Crippen LogP contribution in [0.25, 0.3) is 0 Å². The van der Waals surface area contributed by atoms with Crippen LogP contribution >= 0.6 is 0 Å². The van der Waals surface area contributed by atoms with Crippen LogP contribution < -0.4 is 15.4 Å². The molecule has 2 N–H and O–H groups in total. The topological polar surface area (TPSA) is 63.2 Å². The lowest BCUT2D eigenvalue weighted by molar-refractivity contribution is -0.123. The molecule has 1 aromatic rings. The molecule has 116 valence electrons. The second-order valence-electron chi connectivity index (χ2n) is 5.97. The van der Waals surface area contributed by atoms with Crippen molar-refractivity contribution in [2.45, 2.75) is 46.2 Å². The second-order valence-corrected chi connectivity index (χ2v) is 5.97. The standard InChI is InChI=1S/C16H25N3O2/c1-11(2)17-9-14-15(7-4-12(3)19-14)21-10-16(20)18-8-13-5-6-13/h4,7,11,13,17H,5-6,8-10H2,1-3H3,(H,18,20). The van der Waals surface area contributed by atoms with Gasteiger partial charge in [-0.3, -0.25) is 9.78 Å². The molecule has 0 radical (unpaired) electrons. The van der Waals surface area contributed by atoms with Gasteiger partial charge in [-0.05, 0) is 37.8 Å². The minimum Gasteiger partial charge on any atom is -0.482 e. The van der Waals surface area contributed by atoms with Gasteiger partial charge in [-0.25, -0.2) is 0 Å². The highest BCUT2D eigenvalue weighted by Gasteiger charge is 2.21. The van der Waals surface area contributed by atoms with Gasteiger partial charge in [0, 0.05) is 24.8 Å². The fourth-order valence-corrected chi connectivity index (χ4v) is 1.93. The monoisotopic (exact) mass is 291 g/mol. The summed E-state index contributed by atoms with van der Waals surface area (Å²) < 4.78 is 5.62.